The van der Waals surface area contributed by atoms with Gasteiger partial charge in [-0.1, -0.05) is 31.2 Å². The SMILES string of the molecule is CCc1ccccc1C(CN)N1CCN(C)CC1. The van der Waals surface area contributed by atoms with Crippen LogP contribution in [0.1, 0.15) is 24.1 Å². The summed E-state index contributed by atoms with van der Waals surface area (Å²) < 4.78 is 0. The Hall–Kier alpha value is -0.900. The van der Waals surface area contributed by atoms with E-state index in [2.05, 4.69) is 48.0 Å². The molecule has 1 aliphatic heterocycles. The molecule has 3 heteroatoms. The van der Waals surface area contributed by atoms with Crippen LogP contribution >= 0.6 is 0 Å². The summed E-state index contributed by atoms with van der Waals surface area (Å²) in [6.45, 7) is 7.46. The van der Waals surface area contributed by atoms with E-state index in [-0.39, 0.29) is 0 Å². The fourth-order valence-corrected chi connectivity index (χ4v) is 2.79. The normalized spacial score (nSPS) is 19.9. The molecule has 1 unspecified atom stereocenters. The summed E-state index contributed by atoms with van der Waals surface area (Å²) in [6, 6.07) is 9.12. The molecule has 0 aliphatic carbocycles. The first-order valence-electron chi connectivity index (χ1n) is 6.96. The van der Waals surface area contributed by atoms with Crippen LogP contribution in [0.25, 0.3) is 0 Å². The highest BCUT2D eigenvalue weighted by atomic mass is 15.3. The third-order valence-corrected chi connectivity index (χ3v) is 4.00. The number of hydrogen-bond donors (Lipinski definition) is 1. The van der Waals surface area contributed by atoms with Crippen molar-refractivity contribution in [1.29, 1.82) is 0 Å². The zero-order chi connectivity index (χ0) is 13.0. The van der Waals surface area contributed by atoms with Gasteiger partial charge in [0.1, 0.15) is 0 Å². The van der Waals surface area contributed by atoms with E-state index in [4.69, 9.17) is 5.73 Å². The lowest BCUT2D eigenvalue weighted by molar-refractivity contribution is 0.114. The van der Waals surface area contributed by atoms with Gasteiger partial charge in [0.05, 0.1) is 0 Å². The van der Waals surface area contributed by atoms with E-state index in [1.165, 1.54) is 11.1 Å². The summed E-state index contributed by atoms with van der Waals surface area (Å²) in [5.41, 5.74) is 8.90. The molecule has 0 spiro atoms. The lowest BCUT2D eigenvalue weighted by Crippen LogP contribution is -2.47. The molecule has 0 aromatic heterocycles. The number of likely N-dealkylation sites (N-methyl/N-ethyl adjacent to an activating group) is 1. The zero-order valence-corrected chi connectivity index (χ0v) is 11.6. The first-order valence-corrected chi connectivity index (χ1v) is 6.96. The molecule has 1 saturated heterocycles. The molecule has 2 rings (SSSR count). The van der Waals surface area contributed by atoms with Gasteiger partial charge in [-0.15, -0.1) is 0 Å². The fourth-order valence-electron chi connectivity index (χ4n) is 2.79. The maximum atomic E-state index is 6.04. The molecule has 1 aromatic carbocycles. The van der Waals surface area contributed by atoms with Gasteiger partial charge in [-0.05, 0) is 24.6 Å². The van der Waals surface area contributed by atoms with Crippen LogP contribution in [0, 0.1) is 0 Å². The predicted octanol–water partition coefficient (Wildman–Crippen LogP) is 1.50. The quantitative estimate of drug-likeness (QED) is 0.875. The van der Waals surface area contributed by atoms with E-state index in [0.717, 1.165) is 32.6 Å². The second-order valence-electron chi connectivity index (χ2n) is 5.14. The number of rotatable bonds is 4. The second-order valence-corrected chi connectivity index (χ2v) is 5.14. The summed E-state index contributed by atoms with van der Waals surface area (Å²) in [5.74, 6) is 0. The first-order chi connectivity index (χ1) is 8.76. The largest absolute Gasteiger partial charge is 0.329 e. The average Bonchev–Trinajstić information content (AvgIpc) is 2.42. The Morgan fingerprint density at radius 3 is 2.44 bits per heavy atom. The number of nitrogens with two attached hydrogens (primary N) is 1. The van der Waals surface area contributed by atoms with Crippen LogP contribution in [0.2, 0.25) is 0 Å². The molecule has 2 N–H and O–H groups in total. The van der Waals surface area contributed by atoms with Crippen LogP contribution in [-0.2, 0) is 6.42 Å². The Morgan fingerprint density at radius 1 is 1.17 bits per heavy atom. The summed E-state index contributed by atoms with van der Waals surface area (Å²) in [6.07, 6.45) is 1.08. The molecule has 100 valence electrons. The number of nitrogens with zero attached hydrogens (tertiary/aromatic N) is 2. The minimum absolute atomic E-state index is 0.384. The summed E-state index contributed by atoms with van der Waals surface area (Å²) in [4.78, 5) is 4.92. The molecule has 1 heterocycles. The van der Waals surface area contributed by atoms with E-state index >= 15 is 0 Å². The highest BCUT2D eigenvalue weighted by Gasteiger charge is 2.23. The van der Waals surface area contributed by atoms with Gasteiger partial charge in [-0.3, -0.25) is 4.90 Å². The van der Waals surface area contributed by atoms with Crippen LogP contribution in [0.3, 0.4) is 0 Å². The van der Waals surface area contributed by atoms with Crippen molar-refractivity contribution in [2.24, 2.45) is 5.73 Å². The van der Waals surface area contributed by atoms with E-state index in [1.54, 1.807) is 0 Å². The maximum Gasteiger partial charge on any atom is 0.0474 e. The summed E-state index contributed by atoms with van der Waals surface area (Å²) in [7, 11) is 2.19. The number of piperazine rings is 1. The molecule has 18 heavy (non-hydrogen) atoms. The Labute approximate surface area is 111 Å². The van der Waals surface area contributed by atoms with Gasteiger partial charge in [-0.2, -0.15) is 0 Å². The lowest BCUT2D eigenvalue weighted by atomic mass is 9.97. The Morgan fingerprint density at radius 2 is 1.83 bits per heavy atom. The van der Waals surface area contributed by atoms with Crippen molar-refractivity contribution in [3.8, 4) is 0 Å². The molecule has 0 amide bonds. The first kappa shape index (κ1) is 13.5. The predicted molar refractivity (Wildman–Crippen MR) is 76.7 cm³/mol. The van der Waals surface area contributed by atoms with Crippen molar-refractivity contribution in [3.63, 3.8) is 0 Å². The van der Waals surface area contributed by atoms with Crippen LogP contribution < -0.4 is 5.73 Å². The number of hydrogen-bond acceptors (Lipinski definition) is 3. The number of aryl methyl sites for hydroxylation is 1. The van der Waals surface area contributed by atoms with Crippen molar-refractivity contribution in [3.05, 3.63) is 35.4 Å². The highest BCUT2D eigenvalue weighted by Crippen LogP contribution is 2.24. The van der Waals surface area contributed by atoms with E-state index in [0.29, 0.717) is 12.6 Å². The molecule has 1 aliphatic rings. The van der Waals surface area contributed by atoms with Crippen LogP contribution in [0.15, 0.2) is 24.3 Å². The van der Waals surface area contributed by atoms with Gasteiger partial charge in [0.2, 0.25) is 0 Å². The van der Waals surface area contributed by atoms with Gasteiger partial charge in [0.25, 0.3) is 0 Å². The maximum absolute atomic E-state index is 6.04. The minimum Gasteiger partial charge on any atom is -0.329 e. The van der Waals surface area contributed by atoms with E-state index in [1.807, 2.05) is 0 Å². The third-order valence-electron chi connectivity index (χ3n) is 4.00. The fraction of sp³-hybridized carbons (Fsp3) is 0.600. The molecular formula is C15H25N3. The minimum atomic E-state index is 0.384. The molecule has 1 atom stereocenters. The van der Waals surface area contributed by atoms with E-state index < -0.39 is 0 Å². The zero-order valence-electron chi connectivity index (χ0n) is 11.6. The Bertz CT molecular complexity index is 370. The van der Waals surface area contributed by atoms with Crippen molar-refractivity contribution < 1.29 is 0 Å². The Balaban J connectivity index is 2.17. The van der Waals surface area contributed by atoms with Gasteiger partial charge in [-0.25, -0.2) is 0 Å². The summed E-state index contributed by atoms with van der Waals surface area (Å²) in [5, 5.41) is 0. The highest BCUT2D eigenvalue weighted by molar-refractivity contribution is 5.30. The summed E-state index contributed by atoms with van der Waals surface area (Å²) >= 11 is 0. The topological polar surface area (TPSA) is 32.5 Å². The van der Waals surface area contributed by atoms with Gasteiger partial charge in [0, 0.05) is 38.8 Å². The van der Waals surface area contributed by atoms with Crippen molar-refractivity contribution in [2.75, 3.05) is 39.8 Å². The molecule has 0 radical (unpaired) electrons. The van der Waals surface area contributed by atoms with E-state index in [9.17, 15) is 0 Å². The van der Waals surface area contributed by atoms with Crippen molar-refractivity contribution >= 4 is 0 Å². The standard InChI is InChI=1S/C15H25N3/c1-3-13-6-4-5-7-14(13)15(12-16)18-10-8-17(2)9-11-18/h4-7,15H,3,8-12,16H2,1-2H3. The number of benzene rings is 1. The Kier molecular flexibility index (Phi) is 4.75. The molecule has 0 saturated carbocycles. The second kappa shape index (κ2) is 6.32. The third kappa shape index (κ3) is 2.91. The monoisotopic (exact) mass is 247 g/mol. The van der Waals surface area contributed by atoms with Crippen molar-refractivity contribution in [1.82, 2.24) is 9.80 Å². The lowest BCUT2D eigenvalue weighted by Gasteiger charge is -2.38. The molecule has 3 nitrogen and oxygen atoms in total. The average molecular weight is 247 g/mol. The van der Waals surface area contributed by atoms with Gasteiger partial charge >= 0.3 is 0 Å². The van der Waals surface area contributed by atoms with Crippen molar-refractivity contribution in [2.45, 2.75) is 19.4 Å². The van der Waals surface area contributed by atoms with Gasteiger partial charge in [0.15, 0.2) is 0 Å². The smallest absolute Gasteiger partial charge is 0.0474 e. The van der Waals surface area contributed by atoms with Crippen LogP contribution in [-0.4, -0.2) is 49.6 Å². The molecule has 0 bridgehead atoms. The molecular weight excluding hydrogens is 222 g/mol. The van der Waals surface area contributed by atoms with Crippen LogP contribution in [0.4, 0.5) is 0 Å². The molecule has 1 fully saturated rings. The molecule has 1 aromatic rings. The van der Waals surface area contributed by atoms with Gasteiger partial charge < -0.3 is 10.6 Å². The van der Waals surface area contributed by atoms with Crippen LogP contribution in [0.5, 0.6) is 0 Å².